The molecule has 1 aliphatic rings. The maximum Gasteiger partial charge on any atom is 0.116 e. The number of benzene rings is 2. The number of likely N-dealkylation sites (tertiary alicyclic amines) is 1. The van der Waals surface area contributed by atoms with Gasteiger partial charge in [-0.25, -0.2) is 0 Å². The second-order valence-corrected chi connectivity index (χ2v) is 14.9. The lowest BCUT2D eigenvalue weighted by Gasteiger charge is -2.20. The highest BCUT2D eigenvalue weighted by Crippen LogP contribution is 2.35. The predicted molar refractivity (Wildman–Crippen MR) is 217 cm³/mol. The van der Waals surface area contributed by atoms with Gasteiger partial charge in [-0.1, -0.05) is 109 Å². The summed E-state index contributed by atoms with van der Waals surface area (Å²) in [6, 6.07) is 13.4. The van der Waals surface area contributed by atoms with E-state index >= 15 is 0 Å². The third-order valence-corrected chi connectivity index (χ3v) is 9.41. The first-order valence-corrected chi connectivity index (χ1v) is 20.4. The van der Waals surface area contributed by atoms with E-state index in [4.69, 9.17) is 4.79 Å². The zero-order valence-corrected chi connectivity index (χ0v) is 33.1. The number of hydrogen-bond acceptors (Lipinski definition) is 6. The number of aldehydes is 1. The molecule has 1 aromatic heterocycles. The Labute approximate surface area is 296 Å². The lowest BCUT2D eigenvalue weighted by Crippen LogP contribution is -2.10. The Kier molecular flexibility index (Phi) is 22.5. The van der Waals surface area contributed by atoms with Crippen LogP contribution in [0.25, 0.3) is 16.6 Å². The molecule has 1 aliphatic heterocycles. The summed E-state index contributed by atoms with van der Waals surface area (Å²) in [6.45, 7) is 22.0. The summed E-state index contributed by atoms with van der Waals surface area (Å²) in [7, 11) is 7.70. The molecule has 47 heavy (non-hydrogen) atoms. The van der Waals surface area contributed by atoms with Gasteiger partial charge in [0.2, 0.25) is 0 Å². The largest absolute Gasteiger partial charge is 0.354 e. The van der Waals surface area contributed by atoms with Gasteiger partial charge in [0.25, 0.3) is 0 Å². The van der Waals surface area contributed by atoms with Gasteiger partial charge in [0, 0.05) is 29.1 Å². The second-order valence-electron chi connectivity index (χ2n) is 12.7. The molecule has 2 N–H and O–H groups in total. The van der Waals surface area contributed by atoms with Gasteiger partial charge in [-0.3, -0.25) is 0 Å². The van der Waals surface area contributed by atoms with E-state index in [-0.39, 0.29) is 0 Å². The van der Waals surface area contributed by atoms with Gasteiger partial charge < -0.3 is 24.3 Å². The Hall–Kier alpha value is -2.35. The van der Waals surface area contributed by atoms with E-state index in [1.54, 1.807) is 21.8 Å². The van der Waals surface area contributed by atoms with Crippen molar-refractivity contribution in [3.8, 4) is 0 Å². The summed E-state index contributed by atoms with van der Waals surface area (Å²) in [5, 5.41) is 4.94. The van der Waals surface area contributed by atoms with Crippen molar-refractivity contribution < 1.29 is 4.79 Å². The Balaban J connectivity index is 0.000000565. The molecule has 7 heteroatoms. The van der Waals surface area contributed by atoms with Crippen molar-refractivity contribution in [2.45, 2.75) is 113 Å². The number of nitrogens with one attached hydrogen (secondary N) is 2. The Bertz CT molecular complexity index is 1310. The van der Waals surface area contributed by atoms with E-state index < -0.39 is 0 Å². The maximum atomic E-state index is 8.81. The summed E-state index contributed by atoms with van der Waals surface area (Å²) in [6.07, 6.45) is 15.7. The van der Waals surface area contributed by atoms with Crippen LogP contribution in [0.2, 0.25) is 0 Å². The Morgan fingerprint density at radius 3 is 2.06 bits per heavy atom. The third kappa shape index (κ3) is 15.2. The molecule has 2 heterocycles. The first-order valence-electron chi connectivity index (χ1n) is 17.8. The molecular formula is C40H66N4OS2. The van der Waals surface area contributed by atoms with Crippen molar-refractivity contribution in [2.24, 2.45) is 13.0 Å². The molecule has 0 saturated carbocycles. The van der Waals surface area contributed by atoms with Crippen LogP contribution in [0, 0.1) is 5.92 Å². The van der Waals surface area contributed by atoms with Gasteiger partial charge in [-0.15, -0.1) is 0 Å². The predicted octanol–water partition coefficient (Wildman–Crippen LogP) is 11.8. The van der Waals surface area contributed by atoms with Gasteiger partial charge in [0.1, 0.15) is 6.29 Å². The molecule has 2 aromatic carbocycles. The molecule has 4 rings (SSSR count). The van der Waals surface area contributed by atoms with Crippen molar-refractivity contribution in [3.63, 3.8) is 0 Å². The standard InChI is InChI=1S/C26H35N3S2.C7H16.C5H11N.C2H4O/c1-8-20-11-10-12-21-16-25(29(6)26(20)21)18(5)27-23-14-19(13-17(3)4)15-24(22(23)9-2)28-31-30-7;1-3-5-7-6-4-2;1-6-4-2-3-5-6;1-2-3/h10-12,14-17,27-28H,5,8-9,13H2,1-4,6-7H3;3-7H2,1-2H3;2-5H2,1H3;2H,1H3. The number of anilines is 2. The molecule has 0 amide bonds. The molecule has 1 saturated heterocycles. The Morgan fingerprint density at radius 2 is 1.57 bits per heavy atom. The van der Waals surface area contributed by atoms with Crippen molar-refractivity contribution in [2.75, 3.05) is 36.4 Å². The molecule has 0 radical (unpaired) electrons. The van der Waals surface area contributed by atoms with Crippen LogP contribution in [-0.4, -0.2) is 42.1 Å². The average molecular weight is 683 g/mol. The summed E-state index contributed by atoms with van der Waals surface area (Å²) in [5.41, 5.74) is 9.70. The number of carbonyl (C=O) groups excluding carboxylic acids is 1. The smallest absolute Gasteiger partial charge is 0.116 e. The molecule has 0 unspecified atom stereocenters. The lowest BCUT2D eigenvalue weighted by molar-refractivity contribution is -0.106. The number of rotatable bonds is 14. The van der Waals surface area contributed by atoms with Crippen LogP contribution in [-0.2, 0) is 31.1 Å². The molecule has 1 fully saturated rings. The highest BCUT2D eigenvalue weighted by Gasteiger charge is 2.15. The number of aromatic nitrogens is 1. The normalized spacial score (nSPS) is 12.4. The summed E-state index contributed by atoms with van der Waals surface area (Å²) in [4.78, 5) is 11.2. The number of para-hydroxylation sites is 1. The maximum absolute atomic E-state index is 8.81. The molecule has 264 valence electrons. The minimum Gasteiger partial charge on any atom is -0.354 e. The number of nitrogens with zero attached hydrogens (tertiary/aromatic N) is 2. The molecule has 3 aromatic rings. The van der Waals surface area contributed by atoms with Crippen LogP contribution < -0.4 is 10.0 Å². The lowest BCUT2D eigenvalue weighted by atomic mass is 9.98. The quantitative estimate of drug-likeness (QED) is 0.0764. The van der Waals surface area contributed by atoms with Crippen molar-refractivity contribution >= 4 is 56.0 Å². The average Bonchev–Trinajstić information content (AvgIpc) is 3.67. The first kappa shape index (κ1) is 42.7. The van der Waals surface area contributed by atoms with Crippen molar-refractivity contribution in [1.29, 1.82) is 0 Å². The zero-order chi connectivity index (χ0) is 35.2. The molecule has 0 bridgehead atoms. The van der Waals surface area contributed by atoms with Crippen molar-refractivity contribution in [1.82, 2.24) is 9.47 Å². The van der Waals surface area contributed by atoms with E-state index in [9.17, 15) is 0 Å². The molecule has 0 atom stereocenters. The third-order valence-electron chi connectivity index (χ3n) is 8.19. The zero-order valence-electron chi connectivity index (χ0n) is 31.4. The van der Waals surface area contributed by atoms with E-state index in [0.717, 1.165) is 42.6 Å². The fourth-order valence-electron chi connectivity index (χ4n) is 5.85. The van der Waals surface area contributed by atoms with E-state index in [1.165, 1.54) is 98.2 Å². The van der Waals surface area contributed by atoms with Crippen LogP contribution in [0.5, 0.6) is 0 Å². The van der Waals surface area contributed by atoms with Crippen molar-refractivity contribution in [3.05, 3.63) is 65.4 Å². The molecule has 5 nitrogen and oxygen atoms in total. The van der Waals surface area contributed by atoms with E-state index in [0.29, 0.717) is 5.92 Å². The van der Waals surface area contributed by atoms with E-state index in [1.807, 2.05) is 0 Å². The SMILES string of the molecule is C=C(Nc1cc(CC(C)C)cc(NSSC)c1CC)c1cc2cccc(CC)c2n1C.CC=O.CCCCCCC.CN1CCCC1. The van der Waals surface area contributed by atoms with Gasteiger partial charge in [-0.05, 0) is 106 Å². The minimum atomic E-state index is 0.607. The summed E-state index contributed by atoms with van der Waals surface area (Å²) >= 11 is 0. The van der Waals surface area contributed by atoms with Crippen LogP contribution in [0.1, 0.15) is 116 Å². The number of hydrogen-bond donors (Lipinski definition) is 2. The molecular weight excluding hydrogens is 617 g/mol. The fraction of sp³-hybridized carbons (Fsp3) is 0.575. The number of unbranched alkanes of at least 4 members (excludes halogenated alkanes) is 4. The molecule has 0 aliphatic carbocycles. The summed E-state index contributed by atoms with van der Waals surface area (Å²) in [5.74, 6) is 0.607. The van der Waals surface area contributed by atoms with Gasteiger partial charge in [0.05, 0.1) is 22.6 Å². The number of carbonyl (C=O) groups is 1. The number of fused-ring (bicyclic) bond motifs is 1. The highest BCUT2D eigenvalue weighted by atomic mass is 33.1. The molecule has 0 spiro atoms. The number of aryl methyl sites for hydroxylation is 2. The van der Waals surface area contributed by atoms with Gasteiger partial charge >= 0.3 is 0 Å². The highest BCUT2D eigenvalue weighted by molar-refractivity contribution is 8.76. The van der Waals surface area contributed by atoms with Gasteiger partial charge in [-0.2, -0.15) is 0 Å². The Morgan fingerprint density at radius 1 is 0.957 bits per heavy atom. The monoisotopic (exact) mass is 682 g/mol. The van der Waals surface area contributed by atoms with Crippen LogP contribution in [0.15, 0.2) is 43.0 Å². The first-order chi connectivity index (χ1) is 22.6. The van der Waals surface area contributed by atoms with Crippen LogP contribution >= 0.6 is 21.8 Å². The second kappa shape index (κ2) is 24.7. The fourth-order valence-corrected chi connectivity index (χ4v) is 6.72. The topological polar surface area (TPSA) is 49.3 Å². The minimum absolute atomic E-state index is 0.607. The van der Waals surface area contributed by atoms with Gasteiger partial charge in [0.15, 0.2) is 0 Å². The van der Waals surface area contributed by atoms with E-state index in [2.05, 4.69) is 124 Å². The van der Waals surface area contributed by atoms with Crippen LogP contribution in [0.4, 0.5) is 11.4 Å². The summed E-state index contributed by atoms with van der Waals surface area (Å²) < 4.78 is 5.81. The van der Waals surface area contributed by atoms with Crippen LogP contribution in [0.3, 0.4) is 0 Å².